The number of aryl methyl sites for hydroxylation is 1. The van der Waals surface area contributed by atoms with Crippen LogP contribution in [0.25, 0.3) is 0 Å². The Labute approximate surface area is 167 Å². The number of nitrogens with one attached hydrogen (secondary N) is 1. The summed E-state index contributed by atoms with van der Waals surface area (Å²) in [6.45, 7) is 13.8. The molecule has 0 fully saturated rings. The Morgan fingerprint density at radius 1 is 1.11 bits per heavy atom. The number of benzene rings is 1. The molecular formula is C22H31N3O3. The molecule has 0 saturated heterocycles. The predicted octanol–water partition coefficient (Wildman–Crippen LogP) is 4.23. The molecule has 1 amide bonds. The van der Waals surface area contributed by atoms with Crippen molar-refractivity contribution in [3.05, 3.63) is 46.3 Å². The molecule has 2 rings (SSSR count). The third-order valence-electron chi connectivity index (χ3n) is 5.21. The third-order valence-corrected chi connectivity index (χ3v) is 5.21. The molecule has 0 unspecified atom stereocenters. The van der Waals surface area contributed by atoms with Gasteiger partial charge in [0, 0.05) is 37.2 Å². The molecule has 0 radical (unpaired) electrons. The summed E-state index contributed by atoms with van der Waals surface area (Å²) < 4.78 is 6.86. The molecule has 6 heteroatoms. The largest absolute Gasteiger partial charge is 0.461 e. The van der Waals surface area contributed by atoms with E-state index in [4.69, 9.17) is 4.74 Å². The lowest BCUT2D eigenvalue weighted by Crippen LogP contribution is -2.22. The van der Waals surface area contributed by atoms with Gasteiger partial charge in [-0.15, -0.1) is 0 Å². The number of esters is 1. The van der Waals surface area contributed by atoms with Crippen LogP contribution >= 0.6 is 0 Å². The zero-order valence-electron chi connectivity index (χ0n) is 18.0. The minimum Gasteiger partial charge on any atom is -0.461 e. The van der Waals surface area contributed by atoms with Crippen molar-refractivity contribution in [1.82, 2.24) is 4.57 Å². The first-order valence-electron chi connectivity index (χ1n) is 9.76. The SMILES string of the molecule is CCOC(=O)c1c(C)c(C(=O)Nc2ccc(N(CC)CC)cc2C)c(C)n1C. The van der Waals surface area contributed by atoms with E-state index in [1.165, 1.54) is 0 Å². The summed E-state index contributed by atoms with van der Waals surface area (Å²) in [6.07, 6.45) is 0. The first-order chi connectivity index (χ1) is 13.3. The molecule has 0 aliphatic heterocycles. The average molecular weight is 386 g/mol. The van der Waals surface area contributed by atoms with Gasteiger partial charge in [-0.25, -0.2) is 4.79 Å². The summed E-state index contributed by atoms with van der Waals surface area (Å²) in [5, 5.41) is 3.00. The van der Waals surface area contributed by atoms with E-state index >= 15 is 0 Å². The average Bonchev–Trinajstić information content (AvgIpc) is 2.87. The van der Waals surface area contributed by atoms with Gasteiger partial charge in [-0.1, -0.05) is 0 Å². The second-order valence-corrected chi connectivity index (χ2v) is 6.84. The van der Waals surface area contributed by atoms with Crippen LogP contribution in [0.4, 0.5) is 11.4 Å². The van der Waals surface area contributed by atoms with Gasteiger partial charge < -0.3 is 19.5 Å². The molecule has 0 bridgehead atoms. The Bertz CT molecular complexity index is 880. The van der Waals surface area contributed by atoms with Crippen LogP contribution in [-0.4, -0.2) is 36.1 Å². The summed E-state index contributed by atoms with van der Waals surface area (Å²) in [5.74, 6) is -0.635. The van der Waals surface area contributed by atoms with Crippen molar-refractivity contribution in [3.8, 4) is 0 Å². The Kier molecular flexibility index (Phi) is 6.89. The molecule has 0 aliphatic carbocycles. The number of hydrogen-bond acceptors (Lipinski definition) is 4. The molecule has 2 aromatic rings. The van der Waals surface area contributed by atoms with Crippen molar-refractivity contribution in [1.29, 1.82) is 0 Å². The van der Waals surface area contributed by atoms with Crippen LogP contribution in [0.15, 0.2) is 18.2 Å². The van der Waals surface area contributed by atoms with E-state index < -0.39 is 5.97 Å². The van der Waals surface area contributed by atoms with Gasteiger partial charge >= 0.3 is 5.97 Å². The third kappa shape index (κ3) is 4.06. The summed E-state index contributed by atoms with van der Waals surface area (Å²) >= 11 is 0. The minimum absolute atomic E-state index is 0.222. The van der Waals surface area contributed by atoms with Crippen LogP contribution in [0.3, 0.4) is 0 Å². The van der Waals surface area contributed by atoms with Crippen LogP contribution in [0, 0.1) is 20.8 Å². The predicted molar refractivity (Wildman–Crippen MR) is 114 cm³/mol. The molecule has 6 nitrogen and oxygen atoms in total. The molecule has 28 heavy (non-hydrogen) atoms. The van der Waals surface area contributed by atoms with E-state index in [2.05, 4.69) is 30.1 Å². The summed E-state index contributed by atoms with van der Waals surface area (Å²) in [4.78, 5) is 27.5. The van der Waals surface area contributed by atoms with Crippen molar-refractivity contribution in [2.24, 2.45) is 7.05 Å². The Balaban J connectivity index is 2.33. The van der Waals surface area contributed by atoms with Crippen molar-refractivity contribution in [3.63, 3.8) is 0 Å². The second kappa shape index (κ2) is 8.95. The highest BCUT2D eigenvalue weighted by Crippen LogP contribution is 2.26. The van der Waals surface area contributed by atoms with Crippen molar-refractivity contribution in [2.75, 3.05) is 29.9 Å². The van der Waals surface area contributed by atoms with Gasteiger partial charge in [-0.3, -0.25) is 4.79 Å². The number of carbonyl (C=O) groups is 2. The summed E-state index contributed by atoms with van der Waals surface area (Å²) in [7, 11) is 1.77. The van der Waals surface area contributed by atoms with Crippen LogP contribution in [0.5, 0.6) is 0 Å². The highest BCUT2D eigenvalue weighted by atomic mass is 16.5. The zero-order valence-corrected chi connectivity index (χ0v) is 18.0. The monoisotopic (exact) mass is 385 g/mol. The zero-order chi connectivity index (χ0) is 21.0. The topological polar surface area (TPSA) is 63.6 Å². The van der Waals surface area contributed by atoms with Gasteiger partial charge in [0.2, 0.25) is 0 Å². The Hall–Kier alpha value is -2.76. The van der Waals surface area contributed by atoms with E-state index in [0.29, 0.717) is 23.4 Å². The van der Waals surface area contributed by atoms with E-state index in [1.54, 1.807) is 25.5 Å². The first-order valence-corrected chi connectivity index (χ1v) is 9.76. The normalized spacial score (nSPS) is 10.7. The number of ether oxygens (including phenoxy) is 1. The summed E-state index contributed by atoms with van der Waals surface area (Å²) in [5.41, 5.74) is 5.19. The fraction of sp³-hybridized carbons (Fsp3) is 0.455. The van der Waals surface area contributed by atoms with E-state index in [1.807, 2.05) is 26.0 Å². The smallest absolute Gasteiger partial charge is 0.355 e. The fourth-order valence-electron chi connectivity index (χ4n) is 3.56. The van der Waals surface area contributed by atoms with Gasteiger partial charge in [0.1, 0.15) is 5.69 Å². The maximum absolute atomic E-state index is 13.0. The summed E-state index contributed by atoms with van der Waals surface area (Å²) in [6, 6.07) is 6.03. The lowest BCUT2D eigenvalue weighted by atomic mass is 10.1. The Morgan fingerprint density at radius 2 is 1.75 bits per heavy atom. The minimum atomic E-state index is -0.413. The fourth-order valence-corrected chi connectivity index (χ4v) is 3.56. The molecule has 152 valence electrons. The maximum Gasteiger partial charge on any atom is 0.355 e. The van der Waals surface area contributed by atoms with E-state index in [9.17, 15) is 9.59 Å². The highest BCUT2D eigenvalue weighted by molar-refractivity contribution is 6.08. The van der Waals surface area contributed by atoms with Gasteiger partial charge in [0.05, 0.1) is 12.2 Å². The molecule has 0 spiro atoms. The van der Waals surface area contributed by atoms with Gasteiger partial charge in [0.25, 0.3) is 5.91 Å². The van der Waals surface area contributed by atoms with Crippen LogP contribution in [0.1, 0.15) is 58.4 Å². The number of nitrogens with zero attached hydrogens (tertiary/aromatic N) is 2. The van der Waals surface area contributed by atoms with Crippen molar-refractivity contribution in [2.45, 2.75) is 41.5 Å². The quantitative estimate of drug-likeness (QED) is 0.725. The molecule has 0 aliphatic rings. The number of rotatable bonds is 7. The number of hydrogen-bond donors (Lipinski definition) is 1. The molecule has 1 heterocycles. The number of anilines is 2. The van der Waals surface area contributed by atoms with Crippen LogP contribution in [-0.2, 0) is 11.8 Å². The van der Waals surface area contributed by atoms with Crippen molar-refractivity contribution >= 4 is 23.3 Å². The molecule has 1 N–H and O–H groups in total. The van der Waals surface area contributed by atoms with Crippen molar-refractivity contribution < 1.29 is 14.3 Å². The standard InChI is InChI=1S/C22H31N3O3/c1-8-25(9-2)17-11-12-18(14(4)13-17)23-21(26)19-15(5)20(22(27)28-10-3)24(7)16(19)6/h11-13H,8-10H2,1-7H3,(H,23,26). The first kappa shape index (κ1) is 21.5. The molecule has 0 atom stereocenters. The molecule has 1 aromatic carbocycles. The number of aromatic nitrogens is 1. The number of carbonyl (C=O) groups excluding carboxylic acids is 2. The second-order valence-electron chi connectivity index (χ2n) is 6.84. The lowest BCUT2D eigenvalue weighted by molar-refractivity contribution is 0.0514. The lowest BCUT2D eigenvalue weighted by Gasteiger charge is -2.22. The van der Waals surface area contributed by atoms with Crippen LogP contribution < -0.4 is 10.2 Å². The molecule has 1 aromatic heterocycles. The van der Waals surface area contributed by atoms with Gasteiger partial charge in [-0.05, 0) is 70.9 Å². The van der Waals surface area contributed by atoms with Gasteiger partial charge in [0.15, 0.2) is 0 Å². The molecule has 0 saturated carbocycles. The van der Waals surface area contributed by atoms with E-state index in [-0.39, 0.29) is 5.91 Å². The number of amides is 1. The van der Waals surface area contributed by atoms with Gasteiger partial charge in [-0.2, -0.15) is 0 Å². The maximum atomic E-state index is 13.0. The highest BCUT2D eigenvalue weighted by Gasteiger charge is 2.26. The van der Waals surface area contributed by atoms with Crippen LogP contribution in [0.2, 0.25) is 0 Å². The Morgan fingerprint density at radius 3 is 2.29 bits per heavy atom. The molecular weight excluding hydrogens is 354 g/mol. The van der Waals surface area contributed by atoms with E-state index in [0.717, 1.165) is 35.7 Å².